The lowest BCUT2D eigenvalue weighted by atomic mass is 9.83. The highest BCUT2D eigenvalue weighted by atomic mass is 35.5. The van der Waals surface area contributed by atoms with Gasteiger partial charge in [0, 0.05) is 16.6 Å². The fraction of sp³-hybridized carbons (Fsp3) is 0.200. The molecule has 1 amide bonds. The number of nitriles is 1. The summed E-state index contributed by atoms with van der Waals surface area (Å²) >= 11 is 12.3. The normalized spacial score (nSPS) is 12.7. The third-order valence-corrected chi connectivity index (χ3v) is 5.43. The van der Waals surface area contributed by atoms with Crippen molar-refractivity contribution in [3.63, 3.8) is 0 Å². The maximum atomic E-state index is 13.1. The Bertz CT molecular complexity index is 1160. The number of amides is 1. The number of rotatable bonds is 7. The topological polar surface area (TPSA) is 88.1 Å². The molecular formula is C25H23Cl2N3O2. The average Bonchev–Trinajstić information content (AvgIpc) is 2.77. The molecule has 0 saturated carbocycles. The molecule has 5 nitrogen and oxygen atoms in total. The minimum absolute atomic E-state index is 0.0922. The Morgan fingerprint density at radius 3 is 2.41 bits per heavy atom. The van der Waals surface area contributed by atoms with Crippen LogP contribution in [0.15, 0.2) is 66.7 Å². The van der Waals surface area contributed by atoms with Gasteiger partial charge in [-0.15, -0.1) is 0 Å². The number of carbonyl (C=O) groups is 1. The zero-order valence-corrected chi connectivity index (χ0v) is 19.2. The molecule has 0 heterocycles. The van der Waals surface area contributed by atoms with Crippen LogP contribution < -0.4 is 15.8 Å². The number of nitrogens with two attached hydrogens (primary N) is 1. The van der Waals surface area contributed by atoms with Crippen molar-refractivity contribution in [2.75, 3.05) is 6.54 Å². The quantitative estimate of drug-likeness (QED) is 0.494. The number of nitrogens with one attached hydrogen (secondary N) is 1. The zero-order valence-electron chi connectivity index (χ0n) is 17.7. The molecule has 0 bridgehead atoms. The Balaban J connectivity index is 1.94. The lowest BCUT2D eigenvalue weighted by molar-refractivity contribution is 0.0940. The van der Waals surface area contributed by atoms with Gasteiger partial charge in [-0.2, -0.15) is 5.26 Å². The second-order valence-corrected chi connectivity index (χ2v) is 8.53. The van der Waals surface area contributed by atoms with Crippen LogP contribution in [0.3, 0.4) is 0 Å². The van der Waals surface area contributed by atoms with Crippen molar-refractivity contribution >= 4 is 29.1 Å². The van der Waals surface area contributed by atoms with Gasteiger partial charge in [0.15, 0.2) is 0 Å². The summed E-state index contributed by atoms with van der Waals surface area (Å²) in [6.07, 6.45) is -0.162. The van der Waals surface area contributed by atoms with E-state index in [0.717, 1.165) is 11.1 Å². The lowest BCUT2D eigenvalue weighted by Gasteiger charge is -2.31. The van der Waals surface area contributed by atoms with E-state index in [2.05, 4.69) is 11.4 Å². The number of ether oxygens (including phenoxy) is 1. The van der Waals surface area contributed by atoms with Crippen LogP contribution in [0.4, 0.5) is 0 Å². The van der Waals surface area contributed by atoms with E-state index < -0.39 is 5.54 Å². The van der Waals surface area contributed by atoms with E-state index in [0.29, 0.717) is 26.9 Å². The summed E-state index contributed by atoms with van der Waals surface area (Å²) in [5.41, 5.74) is 8.04. The molecule has 0 aliphatic carbocycles. The van der Waals surface area contributed by atoms with Crippen LogP contribution in [0.25, 0.3) is 0 Å². The van der Waals surface area contributed by atoms with Crippen LogP contribution in [0.2, 0.25) is 10.0 Å². The van der Waals surface area contributed by atoms with Crippen LogP contribution in [0.1, 0.15) is 40.9 Å². The number of carbonyl (C=O) groups excluding carboxylic acids is 1. The molecule has 1 atom stereocenters. The minimum atomic E-state index is -1.06. The van der Waals surface area contributed by atoms with E-state index in [1.807, 2.05) is 38.1 Å². The maximum Gasteiger partial charge on any atom is 0.255 e. The molecule has 0 unspecified atom stereocenters. The Hall–Kier alpha value is -3.04. The third kappa shape index (κ3) is 5.41. The Labute approximate surface area is 197 Å². The summed E-state index contributed by atoms with van der Waals surface area (Å²) in [4.78, 5) is 13.1. The molecule has 3 rings (SSSR count). The Morgan fingerprint density at radius 1 is 1.06 bits per heavy atom. The van der Waals surface area contributed by atoms with Crippen LogP contribution in [0.5, 0.6) is 5.75 Å². The highest BCUT2D eigenvalue weighted by molar-refractivity contribution is 6.30. The van der Waals surface area contributed by atoms with E-state index in [4.69, 9.17) is 33.7 Å². The predicted octanol–water partition coefficient (Wildman–Crippen LogP) is 5.28. The maximum absolute atomic E-state index is 13.1. The zero-order chi connectivity index (χ0) is 23.3. The number of hydrogen-bond acceptors (Lipinski definition) is 4. The van der Waals surface area contributed by atoms with Crippen molar-refractivity contribution in [1.82, 2.24) is 5.32 Å². The molecule has 0 aromatic heterocycles. The van der Waals surface area contributed by atoms with Crippen molar-refractivity contribution in [2.45, 2.75) is 25.5 Å². The molecule has 0 spiro atoms. The molecule has 0 aliphatic heterocycles. The molecule has 0 fully saturated rings. The van der Waals surface area contributed by atoms with E-state index in [1.165, 1.54) is 0 Å². The van der Waals surface area contributed by atoms with E-state index in [-0.39, 0.29) is 18.6 Å². The fourth-order valence-corrected chi connectivity index (χ4v) is 3.65. The van der Waals surface area contributed by atoms with Gasteiger partial charge < -0.3 is 15.8 Å². The van der Waals surface area contributed by atoms with E-state index in [9.17, 15) is 10.1 Å². The van der Waals surface area contributed by atoms with Gasteiger partial charge in [-0.1, -0.05) is 47.5 Å². The van der Waals surface area contributed by atoms with Gasteiger partial charge in [-0.05, 0) is 67.4 Å². The average molecular weight is 468 g/mol. The van der Waals surface area contributed by atoms with Gasteiger partial charge in [-0.25, -0.2) is 0 Å². The number of hydrogen-bond donors (Lipinski definition) is 2. The van der Waals surface area contributed by atoms with Crippen molar-refractivity contribution in [3.05, 3.63) is 99.0 Å². The molecule has 0 saturated heterocycles. The Kier molecular flexibility index (Phi) is 7.42. The molecule has 0 radical (unpaired) electrons. The minimum Gasteiger partial charge on any atom is -0.490 e. The summed E-state index contributed by atoms with van der Waals surface area (Å²) in [7, 11) is 0. The molecular weight excluding hydrogens is 445 g/mol. The standard InChI is InChI=1S/C25H23Cl2N3O2/c1-16(2)32-23-12-17(14-28)6-11-22(23)24(31)30-15-25(29,18-7-9-20(26)10-8-18)19-4-3-5-21(27)13-19/h3-13,16H,15,29H2,1-2H3,(H,30,31)/t25-/m1/s1. The largest absolute Gasteiger partial charge is 0.490 e. The molecule has 0 aliphatic rings. The molecule has 32 heavy (non-hydrogen) atoms. The van der Waals surface area contributed by atoms with Gasteiger partial charge in [0.25, 0.3) is 5.91 Å². The number of nitrogens with zero attached hydrogens (tertiary/aromatic N) is 1. The van der Waals surface area contributed by atoms with Crippen molar-refractivity contribution in [1.29, 1.82) is 5.26 Å². The molecule has 3 aromatic carbocycles. The number of benzene rings is 3. The third-order valence-electron chi connectivity index (χ3n) is 4.94. The van der Waals surface area contributed by atoms with Crippen molar-refractivity contribution < 1.29 is 9.53 Å². The highest BCUT2D eigenvalue weighted by Gasteiger charge is 2.31. The highest BCUT2D eigenvalue weighted by Crippen LogP contribution is 2.30. The van der Waals surface area contributed by atoms with E-state index >= 15 is 0 Å². The second kappa shape index (κ2) is 10.1. The molecule has 3 N–H and O–H groups in total. The van der Waals surface area contributed by atoms with Crippen molar-refractivity contribution in [2.24, 2.45) is 5.73 Å². The monoisotopic (exact) mass is 467 g/mol. The van der Waals surface area contributed by atoms with Crippen molar-refractivity contribution in [3.8, 4) is 11.8 Å². The predicted molar refractivity (Wildman–Crippen MR) is 127 cm³/mol. The first-order chi connectivity index (χ1) is 15.2. The summed E-state index contributed by atoms with van der Waals surface area (Å²) in [6.45, 7) is 3.80. The van der Waals surface area contributed by atoms with E-state index in [1.54, 1.807) is 42.5 Å². The van der Waals surface area contributed by atoms with Crippen LogP contribution in [-0.4, -0.2) is 18.6 Å². The Morgan fingerprint density at radius 2 is 1.78 bits per heavy atom. The SMILES string of the molecule is CC(C)Oc1cc(C#N)ccc1C(=O)NC[C@@](N)(c1ccc(Cl)cc1)c1cccc(Cl)c1. The van der Waals surface area contributed by atoms with Gasteiger partial charge in [-0.3, -0.25) is 4.79 Å². The van der Waals surface area contributed by atoms with Gasteiger partial charge in [0.2, 0.25) is 0 Å². The van der Waals surface area contributed by atoms with Crippen LogP contribution >= 0.6 is 23.2 Å². The lowest BCUT2D eigenvalue weighted by Crippen LogP contribution is -2.48. The molecule has 164 valence electrons. The smallest absolute Gasteiger partial charge is 0.255 e. The van der Waals surface area contributed by atoms with Crippen LogP contribution in [0, 0.1) is 11.3 Å². The van der Waals surface area contributed by atoms with Crippen LogP contribution in [-0.2, 0) is 5.54 Å². The second-order valence-electron chi connectivity index (χ2n) is 7.66. The first-order valence-electron chi connectivity index (χ1n) is 10.0. The number of halogens is 2. The summed E-state index contributed by atoms with van der Waals surface area (Å²) in [6, 6.07) is 21.1. The molecule has 3 aromatic rings. The van der Waals surface area contributed by atoms with Gasteiger partial charge in [0.1, 0.15) is 5.75 Å². The fourth-order valence-electron chi connectivity index (χ4n) is 3.33. The summed E-state index contributed by atoms with van der Waals surface area (Å²) in [5.74, 6) is -0.0237. The first-order valence-corrected chi connectivity index (χ1v) is 10.8. The van der Waals surface area contributed by atoms with Gasteiger partial charge >= 0.3 is 0 Å². The van der Waals surface area contributed by atoms with Gasteiger partial charge in [0.05, 0.1) is 28.8 Å². The first kappa shape index (κ1) is 23.6. The summed E-state index contributed by atoms with van der Waals surface area (Å²) < 4.78 is 5.76. The molecule has 7 heteroatoms. The summed E-state index contributed by atoms with van der Waals surface area (Å²) in [5, 5.41) is 13.2.